The van der Waals surface area contributed by atoms with Crippen molar-refractivity contribution in [2.45, 2.75) is 27.2 Å². The van der Waals surface area contributed by atoms with E-state index >= 15 is 0 Å². The van der Waals surface area contributed by atoms with Gasteiger partial charge in [-0.3, -0.25) is 0 Å². The van der Waals surface area contributed by atoms with Crippen LogP contribution in [0.4, 0.5) is 17.3 Å². The van der Waals surface area contributed by atoms with Gasteiger partial charge < -0.3 is 15.5 Å². The third-order valence-electron chi connectivity index (χ3n) is 3.69. The highest BCUT2D eigenvalue weighted by atomic mass is 15.1. The Morgan fingerprint density at radius 3 is 2.26 bits per heavy atom. The molecule has 2 rings (SSSR count). The first kappa shape index (κ1) is 17.2. The van der Waals surface area contributed by atoms with Crippen LogP contribution in [0.15, 0.2) is 24.5 Å². The molecule has 124 valence electrons. The lowest BCUT2D eigenvalue weighted by atomic mass is 10.1. The standard InChI is InChI=1S/C18H27N5/c1-13-9-14(2)18(15(3)10-13)22-17-11-16(20-12-21-17)19-7-6-8-23(4)5/h9-12H,6-8H2,1-5H3,(H2,19,20,21,22). The first-order valence-corrected chi connectivity index (χ1v) is 8.01. The normalized spacial score (nSPS) is 10.9. The lowest BCUT2D eigenvalue weighted by molar-refractivity contribution is 0.405. The number of rotatable bonds is 7. The lowest BCUT2D eigenvalue weighted by Crippen LogP contribution is -2.16. The molecule has 0 saturated carbocycles. The Hall–Kier alpha value is -2.14. The molecule has 1 aromatic heterocycles. The van der Waals surface area contributed by atoms with Crippen molar-refractivity contribution in [3.05, 3.63) is 41.2 Å². The first-order valence-electron chi connectivity index (χ1n) is 8.01. The summed E-state index contributed by atoms with van der Waals surface area (Å²) in [5.74, 6) is 1.66. The Kier molecular flexibility index (Phi) is 5.93. The SMILES string of the molecule is Cc1cc(C)c(Nc2cc(NCCCN(C)C)ncn2)c(C)c1. The summed E-state index contributed by atoms with van der Waals surface area (Å²) in [6.07, 6.45) is 2.67. The largest absolute Gasteiger partial charge is 0.370 e. The number of benzene rings is 1. The van der Waals surface area contributed by atoms with Gasteiger partial charge in [0, 0.05) is 18.3 Å². The van der Waals surface area contributed by atoms with E-state index in [-0.39, 0.29) is 0 Å². The number of nitrogens with zero attached hydrogens (tertiary/aromatic N) is 3. The van der Waals surface area contributed by atoms with Gasteiger partial charge in [-0.15, -0.1) is 0 Å². The maximum absolute atomic E-state index is 4.33. The predicted octanol–water partition coefficient (Wildman–Crippen LogP) is 3.51. The van der Waals surface area contributed by atoms with Crippen molar-refractivity contribution >= 4 is 17.3 Å². The summed E-state index contributed by atoms with van der Waals surface area (Å²) in [5.41, 5.74) is 4.84. The van der Waals surface area contributed by atoms with Crippen LogP contribution in [0.25, 0.3) is 0 Å². The van der Waals surface area contributed by atoms with Crippen molar-refractivity contribution < 1.29 is 0 Å². The van der Waals surface area contributed by atoms with Gasteiger partial charge in [-0.25, -0.2) is 9.97 Å². The molecule has 0 saturated heterocycles. The summed E-state index contributed by atoms with van der Waals surface area (Å²) >= 11 is 0. The zero-order valence-corrected chi connectivity index (χ0v) is 14.8. The molecule has 5 nitrogen and oxygen atoms in total. The van der Waals surface area contributed by atoms with E-state index in [0.29, 0.717) is 0 Å². The minimum Gasteiger partial charge on any atom is -0.370 e. The molecule has 0 aliphatic heterocycles. The van der Waals surface area contributed by atoms with Gasteiger partial charge >= 0.3 is 0 Å². The summed E-state index contributed by atoms with van der Waals surface area (Å²) in [7, 11) is 4.16. The number of anilines is 3. The topological polar surface area (TPSA) is 53.1 Å². The lowest BCUT2D eigenvalue weighted by Gasteiger charge is -2.14. The molecule has 1 aromatic carbocycles. The fraction of sp³-hybridized carbons (Fsp3) is 0.444. The Morgan fingerprint density at radius 1 is 0.957 bits per heavy atom. The predicted molar refractivity (Wildman–Crippen MR) is 97.6 cm³/mol. The second-order valence-corrected chi connectivity index (χ2v) is 6.27. The molecule has 0 unspecified atom stereocenters. The number of aromatic nitrogens is 2. The molecule has 0 fully saturated rings. The van der Waals surface area contributed by atoms with Crippen LogP contribution in [0.2, 0.25) is 0 Å². The molecule has 0 radical (unpaired) electrons. The van der Waals surface area contributed by atoms with Gasteiger partial charge in [0.1, 0.15) is 18.0 Å². The highest BCUT2D eigenvalue weighted by Crippen LogP contribution is 2.25. The van der Waals surface area contributed by atoms with Crippen molar-refractivity contribution in [2.75, 3.05) is 37.8 Å². The average Bonchev–Trinajstić information content (AvgIpc) is 2.48. The smallest absolute Gasteiger partial charge is 0.135 e. The molecule has 0 aliphatic carbocycles. The van der Waals surface area contributed by atoms with Crippen LogP contribution in [0, 0.1) is 20.8 Å². The number of hydrogen-bond acceptors (Lipinski definition) is 5. The molecule has 0 amide bonds. The molecule has 0 bridgehead atoms. The van der Waals surface area contributed by atoms with Crippen LogP contribution in [-0.2, 0) is 0 Å². The van der Waals surface area contributed by atoms with E-state index in [4.69, 9.17) is 0 Å². The maximum atomic E-state index is 4.33. The molecular weight excluding hydrogens is 286 g/mol. The van der Waals surface area contributed by atoms with Crippen LogP contribution in [0.3, 0.4) is 0 Å². The van der Waals surface area contributed by atoms with Crippen molar-refractivity contribution in [3.8, 4) is 0 Å². The zero-order chi connectivity index (χ0) is 16.8. The Balaban J connectivity index is 2.03. The Bertz CT molecular complexity index is 629. The molecule has 2 aromatic rings. The molecule has 0 aliphatic rings. The van der Waals surface area contributed by atoms with Gasteiger partial charge in [-0.1, -0.05) is 17.7 Å². The average molecular weight is 313 g/mol. The van der Waals surface area contributed by atoms with Crippen LogP contribution in [0.1, 0.15) is 23.1 Å². The van der Waals surface area contributed by atoms with Gasteiger partial charge in [-0.05, 0) is 59.0 Å². The van der Waals surface area contributed by atoms with Crippen LogP contribution >= 0.6 is 0 Å². The minimum atomic E-state index is 0.810. The van der Waals surface area contributed by atoms with Gasteiger partial charge in [0.05, 0.1) is 0 Å². The third kappa shape index (κ3) is 5.21. The Labute approximate surface area is 139 Å². The second-order valence-electron chi connectivity index (χ2n) is 6.27. The van der Waals surface area contributed by atoms with E-state index in [9.17, 15) is 0 Å². The van der Waals surface area contributed by atoms with E-state index < -0.39 is 0 Å². The summed E-state index contributed by atoms with van der Waals surface area (Å²) in [4.78, 5) is 10.8. The van der Waals surface area contributed by atoms with E-state index in [2.05, 4.69) is 72.5 Å². The highest BCUT2D eigenvalue weighted by Gasteiger charge is 2.06. The van der Waals surface area contributed by atoms with Gasteiger partial charge in [0.15, 0.2) is 0 Å². The number of nitrogens with one attached hydrogen (secondary N) is 2. The first-order chi connectivity index (χ1) is 11.0. The molecular formula is C18H27N5. The highest BCUT2D eigenvalue weighted by molar-refractivity contribution is 5.66. The molecule has 23 heavy (non-hydrogen) atoms. The van der Waals surface area contributed by atoms with Crippen molar-refractivity contribution in [1.82, 2.24) is 14.9 Å². The van der Waals surface area contributed by atoms with E-state index in [0.717, 1.165) is 36.8 Å². The Morgan fingerprint density at radius 2 is 1.61 bits per heavy atom. The van der Waals surface area contributed by atoms with Crippen LogP contribution < -0.4 is 10.6 Å². The monoisotopic (exact) mass is 313 g/mol. The minimum absolute atomic E-state index is 0.810. The molecule has 0 spiro atoms. The third-order valence-corrected chi connectivity index (χ3v) is 3.69. The van der Waals surface area contributed by atoms with Crippen molar-refractivity contribution in [1.29, 1.82) is 0 Å². The molecule has 2 N–H and O–H groups in total. The maximum Gasteiger partial charge on any atom is 0.135 e. The van der Waals surface area contributed by atoms with E-state index in [1.54, 1.807) is 6.33 Å². The van der Waals surface area contributed by atoms with Crippen LogP contribution in [0.5, 0.6) is 0 Å². The summed E-state index contributed by atoms with van der Waals surface area (Å²) < 4.78 is 0. The zero-order valence-electron chi connectivity index (χ0n) is 14.8. The van der Waals surface area contributed by atoms with Gasteiger partial charge in [-0.2, -0.15) is 0 Å². The second kappa shape index (κ2) is 7.92. The summed E-state index contributed by atoms with van der Waals surface area (Å²) in [5, 5.41) is 6.76. The van der Waals surface area contributed by atoms with Crippen molar-refractivity contribution in [3.63, 3.8) is 0 Å². The number of aryl methyl sites for hydroxylation is 3. The van der Waals surface area contributed by atoms with E-state index in [1.807, 2.05) is 6.07 Å². The number of hydrogen-bond donors (Lipinski definition) is 2. The summed E-state index contributed by atoms with van der Waals surface area (Å²) in [6, 6.07) is 6.31. The summed E-state index contributed by atoms with van der Waals surface area (Å²) in [6.45, 7) is 8.31. The molecule has 0 atom stereocenters. The van der Waals surface area contributed by atoms with E-state index in [1.165, 1.54) is 16.7 Å². The fourth-order valence-electron chi connectivity index (χ4n) is 2.64. The van der Waals surface area contributed by atoms with Gasteiger partial charge in [0.25, 0.3) is 0 Å². The van der Waals surface area contributed by atoms with Crippen molar-refractivity contribution in [2.24, 2.45) is 0 Å². The molecule has 1 heterocycles. The fourth-order valence-corrected chi connectivity index (χ4v) is 2.64. The quantitative estimate of drug-likeness (QED) is 0.766. The molecule has 5 heteroatoms. The van der Waals surface area contributed by atoms with Crippen LogP contribution in [-0.4, -0.2) is 42.1 Å². The van der Waals surface area contributed by atoms with Gasteiger partial charge in [0.2, 0.25) is 0 Å².